The highest BCUT2D eigenvalue weighted by Crippen LogP contribution is 2.19. The Morgan fingerprint density at radius 3 is 2.60 bits per heavy atom. The lowest BCUT2D eigenvalue weighted by atomic mass is 10.1. The molecule has 0 amide bonds. The SMILES string of the molecule is Cc1ccc(S(=O)(=O)N(C)CC2CCCCN2)cc1C. The number of sulfonamides is 1. The molecule has 1 atom stereocenters. The maximum atomic E-state index is 12.6. The minimum Gasteiger partial charge on any atom is -0.313 e. The molecule has 1 heterocycles. The van der Waals surface area contributed by atoms with Gasteiger partial charge in [-0.1, -0.05) is 12.5 Å². The summed E-state index contributed by atoms with van der Waals surface area (Å²) in [6.45, 7) is 5.45. The van der Waals surface area contributed by atoms with Crippen molar-refractivity contribution in [3.63, 3.8) is 0 Å². The van der Waals surface area contributed by atoms with Gasteiger partial charge in [-0.15, -0.1) is 0 Å². The van der Waals surface area contributed by atoms with Crippen LogP contribution >= 0.6 is 0 Å². The van der Waals surface area contributed by atoms with Crippen molar-refractivity contribution in [3.05, 3.63) is 29.3 Å². The van der Waals surface area contributed by atoms with Crippen molar-refractivity contribution in [3.8, 4) is 0 Å². The van der Waals surface area contributed by atoms with Gasteiger partial charge in [-0.25, -0.2) is 8.42 Å². The summed E-state index contributed by atoms with van der Waals surface area (Å²) in [5.74, 6) is 0. The van der Waals surface area contributed by atoms with E-state index in [1.54, 1.807) is 19.2 Å². The van der Waals surface area contributed by atoms with Crippen LogP contribution in [0.1, 0.15) is 30.4 Å². The van der Waals surface area contributed by atoms with Crippen LogP contribution in [0, 0.1) is 13.8 Å². The summed E-state index contributed by atoms with van der Waals surface area (Å²) in [6.07, 6.45) is 3.41. The number of nitrogens with zero attached hydrogens (tertiary/aromatic N) is 1. The minimum atomic E-state index is -3.38. The quantitative estimate of drug-likeness (QED) is 0.925. The van der Waals surface area contributed by atoms with Crippen LogP contribution < -0.4 is 5.32 Å². The van der Waals surface area contributed by atoms with Gasteiger partial charge in [0.25, 0.3) is 0 Å². The zero-order valence-corrected chi connectivity index (χ0v) is 13.3. The van der Waals surface area contributed by atoms with Crippen LogP contribution in [-0.2, 0) is 10.0 Å². The Morgan fingerprint density at radius 1 is 1.25 bits per heavy atom. The zero-order chi connectivity index (χ0) is 14.8. The molecule has 1 saturated heterocycles. The highest BCUT2D eigenvalue weighted by Gasteiger charge is 2.24. The fourth-order valence-electron chi connectivity index (χ4n) is 2.54. The minimum absolute atomic E-state index is 0.273. The summed E-state index contributed by atoms with van der Waals surface area (Å²) in [4.78, 5) is 0.388. The second-order valence-corrected chi connectivity index (χ2v) is 7.72. The third-order valence-corrected chi connectivity index (χ3v) is 5.90. The fourth-order valence-corrected chi connectivity index (χ4v) is 3.84. The lowest BCUT2D eigenvalue weighted by Crippen LogP contribution is -2.44. The van der Waals surface area contributed by atoms with E-state index in [0.717, 1.165) is 24.1 Å². The fraction of sp³-hybridized carbons (Fsp3) is 0.600. The average Bonchev–Trinajstić information content (AvgIpc) is 2.42. The molecule has 1 N–H and O–H groups in total. The summed E-state index contributed by atoms with van der Waals surface area (Å²) in [7, 11) is -1.72. The summed E-state index contributed by atoms with van der Waals surface area (Å²) in [5.41, 5.74) is 2.12. The maximum Gasteiger partial charge on any atom is 0.242 e. The second-order valence-electron chi connectivity index (χ2n) is 5.68. The number of hydrogen-bond donors (Lipinski definition) is 1. The van der Waals surface area contributed by atoms with E-state index in [2.05, 4.69) is 5.32 Å². The van der Waals surface area contributed by atoms with Crippen molar-refractivity contribution in [1.29, 1.82) is 0 Å². The normalized spacial score (nSPS) is 20.3. The lowest BCUT2D eigenvalue weighted by molar-refractivity contribution is 0.337. The molecule has 1 aromatic rings. The van der Waals surface area contributed by atoms with E-state index >= 15 is 0 Å². The van der Waals surface area contributed by atoms with Gasteiger partial charge in [0.2, 0.25) is 10.0 Å². The van der Waals surface area contributed by atoms with Crippen LogP contribution in [0.5, 0.6) is 0 Å². The zero-order valence-electron chi connectivity index (χ0n) is 12.5. The van der Waals surface area contributed by atoms with Crippen molar-refractivity contribution in [2.24, 2.45) is 0 Å². The Labute approximate surface area is 122 Å². The number of piperidine rings is 1. The van der Waals surface area contributed by atoms with Gasteiger partial charge in [-0.3, -0.25) is 0 Å². The molecule has 0 aromatic heterocycles. The van der Waals surface area contributed by atoms with Gasteiger partial charge < -0.3 is 5.32 Å². The number of rotatable bonds is 4. The van der Waals surface area contributed by atoms with E-state index in [1.165, 1.54) is 17.1 Å². The molecule has 4 nitrogen and oxygen atoms in total. The van der Waals surface area contributed by atoms with Crippen LogP contribution in [0.25, 0.3) is 0 Å². The molecule has 1 aliphatic rings. The molecule has 5 heteroatoms. The van der Waals surface area contributed by atoms with Crippen molar-refractivity contribution < 1.29 is 8.42 Å². The molecular weight excluding hydrogens is 272 g/mol. The molecule has 0 radical (unpaired) electrons. The first-order valence-electron chi connectivity index (χ1n) is 7.18. The molecule has 0 bridgehead atoms. The van der Waals surface area contributed by atoms with Gasteiger partial charge in [0, 0.05) is 19.6 Å². The van der Waals surface area contributed by atoms with E-state index in [-0.39, 0.29) is 6.04 Å². The molecule has 112 valence electrons. The van der Waals surface area contributed by atoms with Crippen LogP contribution in [0.2, 0.25) is 0 Å². The number of likely N-dealkylation sites (N-methyl/N-ethyl adjacent to an activating group) is 1. The van der Waals surface area contributed by atoms with Gasteiger partial charge >= 0.3 is 0 Å². The van der Waals surface area contributed by atoms with Gasteiger partial charge in [0.1, 0.15) is 0 Å². The molecule has 1 fully saturated rings. The monoisotopic (exact) mass is 296 g/mol. The first-order valence-corrected chi connectivity index (χ1v) is 8.62. The molecule has 1 unspecified atom stereocenters. The van der Waals surface area contributed by atoms with Crippen molar-refractivity contribution >= 4 is 10.0 Å². The largest absolute Gasteiger partial charge is 0.313 e. The molecule has 0 aliphatic carbocycles. The highest BCUT2D eigenvalue weighted by atomic mass is 32.2. The Hall–Kier alpha value is -0.910. The third kappa shape index (κ3) is 3.40. The van der Waals surface area contributed by atoms with E-state index < -0.39 is 10.0 Å². The first-order chi connectivity index (χ1) is 9.41. The summed E-state index contributed by atoms with van der Waals surface area (Å²) in [6, 6.07) is 5.60. The summed E-state index contributed by atoms with van der Waals surface area (Å²) >= 11 is 0. The topological polar surface area (TPSA) is 49.4 Å². The predicted octanol–water partition coefficient (Wildman–Crippen LogP) is 2.07. The second kappa shape index (κ2) is 6.24. The van der Waals surface area contributed by atoms with Gasteiger partial charge in [0.15, 0.2) is 0 Å². The smallest absolute Gasteiger partial charge is 0.242 e. The number of nitrogens with one attached hydrogen (secondary N) is 1. The van der Waals surface area contributed by atoms with Gasteiger partial charge in [-0.2, -0.15) is 4.31 Å². The number of benzene rings is 1. The molecule has 20 heavy (non-hydrogen) atoms. The van der Waals surface area contributed by atoms with Crippen LogP contribution in [-0.4, -0.2) is 38.9 Å². The van der Waals surface area contributed by atoms with E-state index in [9.17, 15) is 8.42 Å². The first kappa shape index (κ1) is 15.5. The summed E-state index contributed by atoms with van der Waals surface area (Å²) < 4.78 is 26.6. The predicted molar refractivity (Wildman–Crippen MR) is 81.4 cm³/mol. The number of hydrogen-bond acceptors (Lipinski definition) is 3. The Balaban J connectivity index is 2.13. The molecule has 1 aromatic carbocycles. The van der Waals surface area contributed by atoms with Gasteiger partial charge in [-0.05, 0) is 56.5 Å². The lowest BCUT2D eigenvalue weighted by Gasteiger charge is -2.27. The van der Waals surface area contributed by atoms with Crippen LogP contribution in [0.15, 0.2) is 23.1 Å². The standard InChI is InChI=1S/C15H24N2O2S/c1-12-7-8-15(10-13(12)2)20(18,19)17(3)11-14-6-4-5-9-16-14/h7-8,10,14,16H,4-6,9,11H2,1-3H3. The molecule has 0 saturated carbocycles. The molecular formula is C15H24N2O2S. The van der Waals surface area contributed by atoms with Gasteiger partial charge in [0.05, 0.1) is 4.90 Å². The Bertz CT molecular complexity index is 563. The van der Waals surface area contributed by atoms with E-state index in [1.807, 2.05) is 19.9 Å². The molecule has 1 aliphatic heterocycles. The summed E-state index contributed by atoms with van der Waals surface area (Å²) in [5, 5.41) is 3.39. The average molecular weight is 296 g/mol. The van der Waals surface area contributed by atoms with Crippen molar-refractivity contribution in [1.82, 2.24) is 9.62 Å². The third-order valence-electron chi connectivity index (χ3n) is 4.08. The van der Waals surface area contributed by atoms with Crippen molar-refractivity contribution in [2.45, 2.75) is 44.0 Å². The Kier molecular flexibility index (Phi) is 4.83. The van der Waals surface area contributed by atoms with Crippen LogP contribution in [0.3, 0.4) is 0 Å². The van der Waals surface area contributed by atoms with Crippen LogP contribution in [0.4, 0.5) is 0 Å². The molecule has 2 rings (SSSR count). The Morgan fingerprint density at radius 2 is 2.00 bits per heavy atom. The highest BCUT2D eigenvalue weighted by molar-refractivity contribution is 7.89. The maximum absolute atomic E-state index is 12.6. The van der Waals surface area contributed by atoms with Crippen molar-refractivity contribution in [2.75, 3.05) is 20.1 Å². The number of aryl methyl sites for hydroxylation is 2. The van der Waals surface area contributed by atoms with E-state index in [0.29, 0.717) is 11.4 Å². The van der Waals surface area contributed by atoms with E-state index in [4.69, 9.17) is 0 Å². The molecule has 0 spiro atoms.